The lowest BCUT2D eigenvalue weighted by Crippen LogP contribution is -2.55. The molecule has 0 heterocycles. The van der Waals surface area contributed by atoms with E-state index >= 15 is 0 Å². The standard InChI is InChI=1S/C17H20ClFN2O3/c18-14-5-11(3-4-15(14)19)17(24)20-12-6-13(7-12)21(9-16(22)23)8-10-1-2-10/h3-5,10,12-13H,1-2,6-9H2,(H,20,24)(H,22,23). The van der Waals surface area contributed by atoms with Gasteiger partial charge in [0.15, 0.2) is 0 Å². The molecule has 2 saturated carbocycles. The molecule has 0 aromatic heterocycles. The number of carbonyl (C=O) groups is 2. The summed E-state index contributed by atoms with van der Waals surface area (Å²) in [6.07, 6.45) is 3.82. The van der Waals surface area contributed by atoms with Crippen LogP contribution < -0.4 is 5.32 Å². The van der Waals surface area contributed by atoms with Gasteiger partial charge < -0.3 is 10.4 Å². The summed E-state index contributed by atoms with van der Waals surface area (Å²) in [5.41, 5.74) is 0.324. The number of hydrogen-bond donors (Lipinski definition) is 2. The summed E-state index contributed by atoms with van der Waals surface area (Å²) in [7, 11) is 0. The summed E-state index contributed by atoms with van der Waals surface area (Å²) in [4.78, 5) is 25.2. The minimum Gasteiger partial charge on any atom is -0.480 e. The van der Waals surface area contributed by atoms with Crippen LogP contribution in [0, 0.1) is 11.7 Å². The summed E-state index contributed by atoms with van der Waals surface area (Å²) in [6.45, 7) is 0.876. The van der Waals surface area contributed by atoms with Crippen molar-refractivity contribution in [2.24, 2.45) is 5.92 Å². The van der Waals surface area contributed by atoms with Gasteiger partial charge in [0.25, 0.3) is 5.91 Å². The highest BCUT2D eigenvalue weighted by atomic mass is 35.5. The Hall–Kier alpha value is -1.66. The maximum Gasteiger partial charge on any atom is 0.317 e. The van der Waals surface area contributed by atoms with E-state index in [9.17, 15) is 14.0 Å². The number of aliphatic carboxylic acids is 1. The van der Waals surface area contributed by atoms with Crippen molar-refractivity contribution in [3.63, 3.8) is 0 Å². The summed E-state index contributed by atoms with van der Waals surface area (Å²) in [5.74, 6) is -1.03. The zero-order valence-corrected chi connectivity index (χ0v) is 13.9. The van der Waals surface area contributed by atoms with Gasteiger partial charge in [-0.3, -0.25) is 14.5 Å². The minimum atomic E-state index is -0.816. The van der Waals surface area contributed by atoms with E-state index in [0.717, 1.165) is 19.4 Å². The van der Waals surface area contributed by atoms with Gasteiger partial charge in [0.2, 0.25) is 0 Å². The zero-order chi connectivity index (χ0) is 17.3. The molecule has 7 heteroatoms. The van der Waals surface area contributed by atoms with Crippen LogP contribution in [-0.2, 0) is 4.79 Å². The fraction of sp³-hybridized carbons (Fsp3) is 0.529. The SMILES string of the molecule is O=C(O)CN(CC1CC1)C1CC(NC(=O)c2ccc(F)c(Cl)c2)C1. The van der Waals surface area contributed by atoms with Crippen LogP contribution in [0.25, 0.3) is 0 Å². The zero-order valence-electron chi connectivity index (χ0n) is 13.2. The third-order valence-corrected chi connectivity index (χ3v) is 4.96. The fourth-order valence-electron chi connectivity index (χ4n) is 3.06. The second-order valence-corrected chi connectivity index (χ2v) is 7.10. The van der Waals surface area contributed by atoms with Crippen molar-refractivity contribution in [3.8, 4) is 0 Å². The molecule has 2 N–H and O–H groups in total. The van der Waals surface area contributed by atoms with Gasteiger partial charge in [0, 0.05) is 24.2 Å². The molecule has 130 valence electrons. The van der Waals surface area contributed by atoms with Gasteiger partial charge in [-0.15, -0.1) is 0 Å². The largest absolute Gasteiger partial charge is 0.480 e. The van der Waals surface area contributed by atoms with Crippen molar-refractivity contribution in [3.05, 3.63) is 34.6 Å². The van der Waals surface area contributed by atoms with Crippen LogP contribution in [0.4, 0.5) is 4.39 Å². The number of rotatable bonds is 7. The maximum atomic E-state index is 13.1. The first-order valence-electron chi connectivity index (χ1n) is 8.14. The summed E-state index contributed by atoms with van der Waals surface area (Å²) >= 11 is 5.69. The highest BCUT2D eigenvalue weighted by Gasteiger charge is 2.37. The number of carboxylic acids is 1. The van der Waals surface area contributed by atoms with E-state index in [2.05, 4.69) is 5.32 Å². The number of carboxylic acid groups (broad SMARTS) is 1. The predicted octanol–water partition coefficient (Wildman–Crippen LogP) is 2.54. The Balaban J connectivity index is 1.50. The molecule has 0 radical (unpaired) electrons. The lowest BCUT2D eigenvalue weighted by molar-refractivity contribution is -0.139. The molecule has 0 saturated heterocycles. The normalized spacial score (nSPS) is 23.0. The van der Waals surface area contributed by atoms with Crippen LogP contribution in [0.15, 0.2) is 18.2 Å². The highest BCUT2D eigenvalue weighted by Crippen LogP contribution is 2.33. The van der Waals surface area contributed by atoms with Gasteiger partial charge in [-0.25, -0.2) is 4.39 Å². The van der Waals surface area contributed by atoms with E-state index in [1.165, 1.54) is 31.0 Å². The van der Waals surface area contributed by atoms with Gasteiger partial charge in [-0.1, -0.05) is 11.6 Å². The van der Waals surface area contributed by atoms with Gasteiger partial charge in [0.1, 0.15) is 5.82 Å². The van der Waals surface area contributed by atoms with Crippen LogP contribution in [-0.4, -0.2) is 47.1 Å². The van der Waals surface area contributed by atoms with Crippen LogP contribution in [0.3, 0.4) is 0 Å². The van der Waals surface area contributed by atoms with Crippen LogP contribution in [0.1, 0.15) is 36.0 Å². The molecule has 1 amide bonds. The molecule has 3 rings (SSSR count). The van der Waals surface area contributed by atoms with E-state index in [1.54, 1.807) is 0 Å². The first-order valence-corrected chi connectivity index (χ1v) is 8.52. The molecule has 0 aliphatic heterocycles. The first kappa shape index (κ1) is 17.2. The molecule has 2 aliphatic rings. The number of nitrogens with one attached hydrogen (secondary N) is 1. The van der Waals surface area contributed by atoms with Gasteiger partial charge in [-0.2, -0.15) is 0 Å². The lowest BCUT2D eigenvalue weighted by Gasteiger charge is -2.42. The van der Waals surface area contributed by atoms with Crippen LogP contribution in [0.5, 0.6) is 0 Å². The van der Waals surface area contributed by atoms with Gasteiger partial charge in [-0.05, 0) is 49.8 Å². The molecule has 0 atom stereocenters. The Kier molecular flexibility index (Phi) is 5.06. The average molecular weight is 355 g/mol. The molecular formula is C17H20ClFN2O3. The Morgan fingerprint density at radius 3 is 2.62 bits per heavy atom. The van der Waals surface area contributed by atoms with Gasteiger partial charge >= 0.3 is 5.97 Å². The number of amides is 1. The number of benzene rings is 1. The molecule has 0 unspecified atom stereocenters. The third-order valence-electron chi connectivity index (χ3n) is 4.67. The average Bonchev–Trinajstić information content (AvgIpc) is 3.28. The number of hydrogen-bond acceptors (Lipinski definition) is 3. The molecule has 24 heavy (non-hydrogen) atoms. The van der Waals surface area contributed by atoms with Crippen molar-refractivity contribution < 1.29 is 19.1 Å². The first-order chi connectivity index (χ1) is 11.4. The fourth-order valence-corrected chi connectivity index (χ4v) is 3.24. The Bertz CT molecular complexity index is 645. The maximum absolute atomic E-state index is 13.1. The van der Waals surface area contributed by atoms with Crippen molar-refractivity contribution in [2.75, 3.05) is 13.1 Å². The summed E-state index contributed by atoms with van der Waals surface area (Å²) < 4.78 is 13.1. The predicted molar refractivity (Wildman–Crippen MR) is 87.6 cm³/mol. The second-order valence-electron chi connectivity index (χ2n) is 6.69. The van der Waals surface area contributed by atoms with E-state index in [-0.39, 0.29) is 29.6 Å². The summed E-state index contributed by atoms with van der Waals surface area (Å²) in [6, 6.07) is 4.10. The van der Waals surface area contributed by atoms with Crippen molar-refractivity contribution in [1.29, 1.82) is 0 Å². The molecule has 1 aromatic carbocycles. The molecule has 2 aliphatic carbocycles. The molecular weight excluding hydrogens is 335 g/mol. The van der Waals surface area contributed by atoms with Gasteiger partial charge in [0.05, 0.1) is 11.6 Å². The third kappa shape index (κ3) is 4.24. The van der Waals surface area contributed by atoms with E-state index < -0.39 is 11.8 Å². The molecule has 0 spiro atoms. The smallest absolute Gasteiger partial charge is 0.317 e. The monoisotopic (exact) mass is 354 g/mol. The van der Waals surface area contributed by atoms with Crippen LogP contribution >= 0.6 is 11.6 Å². The molecule has 2 fully saturated rings. The number of halogens is 2. The topological polar surface area (TPSA) is 69.6 Å². The van der Waals surface area contributed by atoms with Crippen LogP contribution in [0.2, 0.25) is 5.02 Å². The highest BCUT2D eigenvalue weighted by molar-refractivity contribution is 6.31. The van der Waals surface area contributed by atoms with Crippen molar-refractivity contribution in [1.82, 2.24) is 10.2 Å². The van der Waals surface area contributed by atoms with E-state index in [4.69, 9.17) is 16.7 Å². The lowest BCUT2D eigenvalue weighted by atomic mass is 9.85. The quantitative estimate of drug-likeness (QED) is 0.789. The minimum absolute atomic E-state index is 0.0156. The van der Waals surface area contributed by atoms with E-state index in [1.807, 2.05) is 4.90 Å². The second kappa shape index (κ2) is 7.07. The Labute approximate surface area is 144 Å². The molecule has 0 bridgehead atoms. The van der Waals surface area contributed by atoms with E-state index in [0.29, 0.717) is 11.5 Å². The number of nitrogens with zero attached hydrogens (tertiary/aromatic N) is 1. The molecule has 1 aromatic rings. The summed E-state index contributed by atoms with van der Waals surface area (Å²) in [5, 5.41) is 11.9. The number of carbonyl (C=O) groups excluding carboxylic acids is 1. The molecule has 5 nitrogen and oxygen atoms in total. The Morgan fingerprint density at radius 1 is 1.33 bits per heavy atom. The Morgan fingerprint density at radius 2 is 2.04 bits per heavy atom. The van der Waals surface area contributed by atoms with Crippen molar-refractivity contribution >= 4 is 23.5 Å². The van der Waals surface area contributed by atoms with Crippen molar-refractivity contribution in [2.45, 2.75) is 37.8 Å².